The van der Waals surface area contributed by atoms with Crippen LogP contribution in [-0.4, -0.2) is 5.11 Å². The van der Waals surface area contributed by atoms with E-state index in [-0.39, 0.29) is 5.75 Å². The number of phenols is 1. The number of hydrogen-bond acceptors (Lipinski definition) is 3. The summed E-state index contributed by atoms with van der Waals surface area (Å²) in [7, 11) is 0. The molecule has 2 rings (SSSR count). The molecule has 3 heteroatoms. The minimum atomic E-state index is 0.269. The summed E-state index contributed by atoms with van der Waals surface area (Å²) in [5.41, 5.74) is 9.54. The lowest BCUT2D eigenvalue weighted by Crippen LogP contribution is -2.02. The molecule has 0 spiro atoms. The van der Waals surface area contributed by atoms with Gasteiger partial charge < -0.3 is 16.2 Å². The number of nitrogens with two attached hydrogens (primary N) is 1. The lowest BCUT2D eigenvalue weighted by atomic mass is 10.1. The van der Waals surface area contributed by atoms with Crippen LogP contribution in [0.1, 0.15) is 18.1 Å². The van der Waals surface area contributed by atoms with E-state index in [1.54, 1.807) is 18.2 Å². The molecule has 0 saturated heterocycles. The molecule has 94 valence electrons. The average Bonchev–Trinajstić information content (AvgIpc) is 2.40. The smallest absolute Gasteiger partial charge is 0.120 e. The maximum Gasteiger partial charge on any atom is 0.120 e. The first-order valence-electron chi connectivity index (χ1n) is 6.10. The highest BCUT2D eigenvalue weighted by Gasteiger charge is 2.03. The van der Waals surface area contributed by atoms with Crippen molar-refractivity contribution in [1.29, 1.82) is 0 Å². The zero-order chi connectivity index (χ0) is 13.0. The van der Waals surface area contributed by atoms with Gasteiger partial charge in [-0.25, -0.2) is 0 Å². The second-order valence-electron chi connectivity index (χ2n) is 4.25. The highest BCUT2D eigenvalue weighted by Crippen LogP contribution is 2.22. The summed E-state index contributed by atoms with van der Waals surface area (Å²) in [5.74, 6) is 0.269. The highest BCUT2D eigenvalue weighted by molar-refractivity contribution is 5.53. The van der Waals surface area contributed by atoms with Gasteiger partial charge in [-0.1, -0.05) is 25.1 Å². The van der Waals surface area contributed by atoms with Crippen molar-refractivity contribution in [3.63, 3.8) is 0 Å². The van der Waals surface area contributed by atoms with Gasteiger partial charge in [-0.15, -0.1) is 0 Å². The fraction of sp³-hybridized carbons (Fsp3) is 0.200. The fourth-order valence-corrected chi connectivity index (χ4v) is 1.94. The molecular formula is C15H18N2O. The van der Waals surface area contributed by atoms with Crippen molar-refractivity contribution in [2.75, 3.05) is 11.1 Å². The van der Waals surface area contributed by atoms with Crippen molar-refractivity contribution >= 4 is 11.4 Å². The van der Waals surface area contributed by atoms with E-state index < -0.39 is 0 Å². The second-order valence-corrected chi connectivity index (χ2v) is 4.25. The number of nitrogen functional groups attached to an aromatic ring is 1. The predicted octanol–water partition coefficient (Wildman–Crippen LogP) is 3.15. The van der Waals surface area contributed by atoms with Gasteiger partial charge in [0, 0.05) is 23.5 Å². The molecule has 0 heterocycles. The molecule has 0 aliphatic heterocycles. The van der Waals surface area contributed by atoms with Crippen LogP contribution < -0.4 is 11.1 Å². The molecule has 0 unspecified atom stereocenters. The van der Waals surface area contributed by atoms with Gasteiger partial charge in [0.1, 0.15) is 5.75 Å². The van der Waals surface area contributed by atoms with Gasteiger partial charge in [0.2, 0.25) is 0 Å². The second kappa shape index (κ2) is 5.45. The molecule has 3 nitrogen and oxygen atoms in total. The molecule has 0 radical (unpaired) electrons. The molecule has 4 N–H and O–H groups in total. The van der Waals surface area contributed by atoms with E-state index in [4.69, 9.17) is 5.73 Å². The molecular weight excluding hydrogens is 224 g/mol. The Morgan fingerprint density at radius 3 is 2.67 bits per heavy atom. The summed E-state index contributed by atoms with van der Waals surface area (Å²) in [6.45, 7) is 2.69. The van der Waals surface area contributed by atoms with Crippen molar-refractivity contribution < 1.29 is 5.11 Å². The molecule has 0 aliphatic carbocycles. The first-order chi connectivity index (χ1) is 8.70. The number of rotatable bonds is 4. The standard InChI is InChI=1S/C15H18N2O/c1-2-11-5-3-4-6-14(11)17-10-12-9-13(16)7-8-15(12)18/h3-9,17-18H,2,10,16H2,1H3. The van der Waals surface area contributed by atoms with Crippen LogP contribution in [0.4, 0.5) is 11.4 Å². The van der Waals surface area contributed by atoms with Crippen LogP contribution in [0.15, 0.2) is 42.5 Å². The summed E-state index contributed by atoms with van der Waals surface area (Å²) >= 11 is 0. The first kappa shape index (κ1) is 12.3. The van der Waals surface area contributed by atoms with Gasteiger partial charge in [0.05, 0.1) is 0 Å². The van der Waals surface area contributed by atoms with E-state index in [1.165, 1.54) is 5.56 Å². The number of hydrogen-bond donors (Lipinski definition) is 3. The van der Waals surface area contributed by atoms with Gasteiger partial charge in [-0.3, -0.25) is 0 Å². The molecule has 0 fully saturated rings. The van der Waals surface area contributed by atoms with Crippen molar-refractivity contribution in [2.24, 2.45) is 0 Å². The maximum atomic E-state index is 9.74. The Balaban J connectivity index is 2.14. The zero-order valence-corrected chi connectivity index (χ0v) is 10.5. The van der Waals surface area contributed by atoms with E-state index in [1.807, 2.05) is 18.2 Å². The number of benzene rings is 2. The lowest BCUT2D eigenvalue weighted by molar-refractivity contribution is 0.469. The number of aryl methyl sites for hydroxylation is 1. The minimum absolute atomic E-state index is 0.269. The Morgan fingerprint density at radius 1 is 1.11 bits per heavy atom. The van der Waals surface area contributed by atoms with Gasteiger partial charge in [0.25, 0.3) is 0 Å². The number of para-hydroxylation sites is 1. The quantitative estimate of drug-likeness (QED) is 0.570. The van der Waals surface area contributed by atoms with Crippen LogP contribution in [-0.2, 0) is 13.0 Å². The van der Waals surface area contributed by atoms with E-state index in [2.05, 4.69) is 18.3 Å². The largest absolute Gasteiger partial charge is 0.508 e. The Kier molecular flexibility index (Phi) is 3.72. The molecule has 18 heavy (non-hydrogen) atoms. The molecule has 0 aliphatic rings. The normalized spacial score (nSPS) is 10.3. The molecule has 0 amide bonds. The fourth-order valence-electron chi connectivity index (χ4n) is 1.94. The third kappa shape index (κ3) is 2.74. The average molecular weight is 242 g/mol. The Morgan fingerprint density at radius 2 is 1.89 bits per heavy atom. The van der Waals surface area contributed by atoms with Crippen LogP contribution in [0.3, 0.4) is 0 Å². The van der Waals surface area contributed by atoms with Gasteiger partial charge in [-0.2, -0.15) is 0 Å². The lowest BCUT2D eigenvalue weighted by Gasteiger charge is -2.12. The number of nitrogens with one attached hydrogen (secondary N) is 1. The van der Waals surface area contributed by atoms with Gasteiger partial charge in [0.15, 0.2) is 0 Å². The Labute approximate surface area is 107 Å². The minimum Gasteiger partial charge on any atom is -0.508 e. The van der Waals surface area contributed by atoms with Crippen LogP contribution in [0.2, 0.25) is 0 Å². The number of aromatic hydroxyl groups is 1. The molecule has 0 atom stereocenters. The maximum absolute atomic E-state index is 9.74. The van der Waals surface area contributed by atoms with E-state index in [0.717, 1.165) is 17.7 Å². The molecule has 0 aromatic heterocycles. The number of phenolic OH excluding ortho intramolecular Hbond substituents is 1. The van der Waals surface area contributed by atoms with E-state index in [9.17, 15) is 5.11 Å². The zero-order valence-electron chi connectivity index (χ0n) is 10.5. The van der Waals surface area contributed by atoms with Crippen molar-refractivity contribution in [3.8, 4) is 5.75 Å². The SMILES string of the molecule is CCc1ccccc1NCc1cc(N)ccc1O. The topological polar surface area (TPSA) is 58.3 Å². The van der Waals surface area contributed by atoms with Crippen LogP contribution in [0.25, 0.3) is 0 Å². The van der Waals surface area contributed by atoms with Gasteiger partial charge >= 0.3 is 0 Å². The molecule has 2 aromatic carbocycles. The summed E-state index contributed by atoms with van der Waals surface area (Å²) in [5, 5.41) is 13.1. The van der Waals surface area contributed by atoms with E-state index >= 15 is 0 Å². The summed E-state index contributed by atoms with van der Waals surface area (Å²) in [4.78, 5) is 0. The highest BCUT2D eigenvalue weighted by atomic mass is 16.3. The monoisotopic (exact) mass is 242 g/mol. The summed E-state index contributed by atoms with van der Waals surface area (Å²) in [6, 6.07) is 13.3. The van der Waals surface area contributed by atoms with E-state index in [0.29, 0.717) is 12.2 Å². The third-order valence-corrected chi connectivity index (χ3v) is 2.97. The Hall–Kier alpha value is -2.16. The predicted molar refractivity (Wildman–Crippen MR) is 75.7 cm³/mol. The number of anilines is 2. The first-order valence-corrected chi connectivity index (χ1v) is 6.10. The van der Waals surface area contributed by atoms with Crippen LogP contribution in [0, 0.1) is 0 Å². The molecule has 0 bridgehead atoms. The van der Waals surface area contributed by atoms with Gasteiger partial charge in [-0.05, 0) is 36.2 Å². The van der Waals surface area contributed by atoms with Crippen molar-refractivity contribution in [2.45, 2.75) is 19.9 Å². The molecule has 0 saturated carbocycles. The van der Waals surface area contributed by atoms with Crippen LogP contribution in [0.5, 0.6) is 5.75 Å². The van der Waals surface area contributed by atoms with Crippen molar-refractivity contribution in [1.82, 2.24) is 0 Å². The molecule has 2 aromatic rings. The van der Waals surface area contributed by atoms with Crippen molar-refractivity contribution in [3.05, 3.63) is 53.6 Å². The summed E-state index contributed by atoms with van der Waals surface area (Å²) < 4.78 is 0. The Bertz CT molecular complexity index is 538. The third-order valence-electron chi connectivity index (χ3n) is 2.97. The van der Waals surface area contributed by atoms with Crippen LogP contribution >= 0.6 is 0 Å². The summed E-state index contributed by atoms with van der Waals surface area (Å²) in [6.07, 6.45) is 0.978.